The van der Waals surface area contributed by atoms with Crippen molar-refractivity contribution in [2.75, 3.05) is 13.1 Å². The fourth-order valence-corrected chi connectivity index (χ4v) is 5.16. The molecule has 0 aliphatic heterocycles. The van der Waals surface area contributed by atoms with E-state index in [0.717, 1.165) is 49.5 Å². The maximum Gasteiger partial charge on any atom is 0.247 e. The van der Waals surface area contributed by atoms with E-state index in [9.17, 15) is 22.4 Å². The number of hydrogen-bond donors (Lipinski definition) is 3. The van der Waals surface area contributed by atoms with Crippen molar-refractivity contribution in [2.45, 2.75) is 69.7 Å². The van der Waals surface area contributed by atoms with Crippen molar-refractivity contribution in [2.24, 2.45) is 5.92 Å². The number of carbonyl (C=O) groups is 2. The van der Waals surface area contributed by atoms with Gasteiger partial charge in [0.1, 0.15) is 16.8 Å². The molecular weight excluding hydrogens is 469 g/mol. The first-order chi connectivity index (χ1) is 15.6. The SMILES string of the molecule is CC(C)C[C@H](NC(=O)C1=CCCCC1)C(=O)NCCCCNS(=O)(=O)c1ccc(F)cc1Cl. The Morgan fingerprint density at radius 2 is 1.88 bits per heavy atom. The molecule has 3 N–H and O–H groups in total. The van der Waals surface area contributed by atoms with Gasteiger partial charge < -0.3 is 10.6 Å². The van der Waals surface area contributed by atoms with Crippen molar-refractivity contribution < 1.29 is 22.4 Å². The first-order valence-corrected chi connectivity index (χ1v) is 13.2. The lowest BCUT2D eigenvalue weighted by atomic mass is 9.97. The number of sulfonamides is 1. The molecule has 2 amide bonds. The van der Waals surface area contributed by atoms with Gasteiger partial charge in [0.15, 0.2) is 0 Å². The molecule has 0 spiro atoms. The van der Waals surface area contributed by atoms with E-state index in [2.05, 4.69) is 15.4 Å². The Kier molecular flexibility index (Phi) is 10.8. The lowest BCUT2D eigenvalue weighted by Gasteiger charge is -2.22. The van der Waals surface area contributed by atoms with Crippen molar-refractivity contribution in [1.82, 2.24) is 15.4 Å². The van der Waals surface area contributed by atoms with Gasteiger partial charge in [-0.3, -0.25) is 9.59 Å². The lowest BCUT2D eigenvalue weighted by molar-refractivity contribution is -0.127. The normalized spacial score (nSPS) is 15.1. The molecule has 1 aromatic carbocycles. The van der Waals surface area contributed by atoms with Gasteiger partial charge >= 0.3 is 0 Å². The van der Waals surface area contributed by atoms with Gasteiger partial charge in [-0.15, -0.1) is 0 Å². The lowest BCUT2D eigenvalue weighted by Crippen LogP contribution is -2.48. The van der Waals surface area contributed by atoms with Crippen LogP contribution in [-0.4, -0.2) is 39.4 Å². The smallest absolute Gasteiger partial charge is 0.247 e. The zero-order chi connectivity index (χ0) is 24.4. The Morgan fingerprint density at radius 1 is 1.15 bits per heavy atom. The van der Waals surface area contributed by atoms with Crippen molar-refractivity contribution in [1.29, 1.82) is 0 Å². The molecule has 1 atom stereocenters. The monoisotopic (exact) mass is 501 g/mol. The van der Waals surface area contributed by atoms with Gasteiger partial charge in [-0.2, -0.15) is 0 Å². The Bertz CT molecular complexity index is 966. The Hall–Kier alpha value is -1.97. The number of nitrogens with one attached hydrogen (secondary N) is 3. The van der Waals surface area contributed by atoms with Gasteiger partial charge in [0.25, 0.3) is 0 Å². The zero-order valence-electron chi connectivity index (χ0n) is 19.1. The summed E-state index contributed by atoms with van der Waals surface area (Å²) in [6.45, 7) is 4.48. The van der Waals surface area contributed by atoms with E-state index in [1.165, 1.54) is 0 Å². The highest BCUT2D eigenvalue weighted by Gasteiger charge is 2.23. The average molecular weight is 502 g/mol. The van der Waals surface area contributed by atoms with E-state index in [1.54, 1.807) is 0 Å². The van der Waals surface area contributed by atoms with Crippen LogP contribution in [0.1, 0.15) is 58.8 Å². The van der Waals surface area contributed by atoms with Crippen LogP contribution < -0.4 is 15.4 Å². The highest BCUT2D eigenvalue weighted by Crippen LogP contribution is 2.22. The van der Waals surface area contributed by atoms with Crippen molar-refractivity contribution >= 4 is 33.4 Å². The summed E-state index contributed by atoms with van der Waals surface area (Å²) in [6, 6.07) is 2.49. The summed E-state index contributed by atoms with van der Waals surface area (Å²) in [4.78, 5) is 25.0. The highest BCUT2D eigenvalue weighted by molar-refractivity contribution is 7.89. The van der Waals surface area contributed by atoms with Crippen LogP contribution in [-0.2, 0) is 19.6 Å². The summed E-state index contributed by atoms with van der Waals surface area (Å²) in [6.07, 6.45) is 7.19. The van der Waals surface area contributed by atoms with Crippen molar-refractivity contribution in [3.8, 4) is 0 Å². The molecule has 0 radical (unpaired) electrons. The maximum absolute atomic E-state index is 13.1. The van der Waals surface area contributed by atoms with E-state index >= 15 is 0 Å². The molecule has 7 nitrogen and oxygen atoms in total. The van der Waals surface area contributed by atoms with Crippen LogP contribution in [0.3, 0.4) is 0 Å². The summed E-state index contributed by atoms with van der Waals surface area (Å²) < 4.78 is 40.1. The summed E-state index contributed by atoms with van der Waals surface area (Å²) in [5.41, 5.74) is 0.747. The summed E-state index contributed by atoms with van der Waals surface area (Å²) in [5, 5.41) is 5.51. The minimum absolute atomic E-state index is 0.145. The predicted octanol–water partition coefficient (Wildman–Crippen LogP) is 3.69. The number of unbranched alkanes of at least 4 members (excludes halogenated alkanes) is 1. The molecule has 1 aliphatic rings. The van der Waals surface area contributed by atoms with Crippen molar-refractivity contribution in [3.63, 3.8) is 0 Å². The zero-order valence-corrected chi connectivity index (χ0v) is 20.7. The van der Waals surface area contributed by atoms with Crippen LogP contribution in [0.4, 0.5) is 4.39 Å². The molecule has 1 aromatic rings. The van der Waals surface area contributed by atoms with E-state index in [0.29, 0.717) is 25.8 Å². The third-order valence-corrected chi connectivity index (χ3v) is 7.23. The third kappa shape index (κ3) is 9.06. The second-order valence-corrected chi connectivity index (χ2v) is 10.7. The third-order valence-electron chi connectivity index (χ3n) is 5.29. The highest BCUT2D eigenvalue weighted by atomic mass is 35.5. The Balaban J connectivity index is 1.77. The van der Waals surface area contributed by atoms with Crippen LogP contribution in [0.15, 0.2) is 34.7 Å². The number of halogens is 2. The number of rotatable bonds is 12. The molecule has 2 rings (SSSR count). The van der Waals surface area contributed by atoms with Crippen LogP contribution in [0.5, 0.6) is 0 Å². The molecule has 0 aromatic heterocycles. The second kappa shape index (κ2) is 13.1. The van der Waals surface area contributed by atoms with Gasteiger partial charge in [0.05, 0.1) is 5.02 Å². The molecule has 0 fully saturated rings. The molecule has 184 valence electrons. The topological polar surface area (TPSA) is 104 Å². The number of hydrogen-bond acceptors (Lipinski definition) is 4. The van der Waals surface area contributed by atoms with Gasteiger partial charge in [-0.1, -0.05) is 31.5 Å². The van der Waals surface area contributed by atoms with E-state index in [4.69, 9.17) is 11.6 Å². The minimum Gasteiger partial charge on any atom is -0.354 e. The largest absolute Gasteiger partial charge is 0.354 e. The standard InChI is InChI=1S/C23H33ClFN3O4S/c1-16(2)14-20(28-22(29)17-8-4-3-5-9-17)23(30)26-12-6-7-13-27-33(31,32)21-11-10-18(25)15-19(21)24/h8,10-11,15-16,20,27H,3-7,9,12-14H2,1-2H3,(H,26,30)(H,28,29)/t20-/m0/s1. The first-order valence-electron chi connectivity index (χ1n) is 11.3. The maximum atomic E-state index is 13.1. The van der Waals surface area contributed by atoms with Gasteiger partial charge in [0.2, 0.25) is 21.8 Å². The Morgan fingerprint density at radius 3 is 2.52 bits per heavy atom. The minimum atomic E-state index is -3.85. The van der Waals surface area contributed by atoms with Gasteiger partial charge in [-0.05, 0) is 69.1 Å². The molecule has 10 heteroatoms. The van der Waals surface area contributed by atoms with Gasteiger partial charge in [-0.25, -0.2) is 17.5 Å². The van der Waals surface area contributed by atoms with Gasteiger partial charge in [0, 0.05) is 18.7 Å². The molecule has 33 heavy (non-hydrogen) atoms. The molecule has 0 unspecified atom stereocenters. The summed E-state index contributed by atoms with van der Waals surface area (Å²) in [7, 11) is -3.85. The summed E-state index contributed by atoms with van der Waals surface area (Å²) in [5.74, 6) is -0.803. The molecule has 0 saturated carbocycles. The number of carbonyl (C=O) groups excluding carboxylic acids is 2. The molecule has 1 aliphatic carbocycles. The van der Waals surface area contributed by atoms with Crippen LogP contribution in [0, 0.1) is 11.7 Å². The molecule has 0 saturated heterocycles. The molecule has 0 heterocycles. The van der Waals surface area contributed by atoms with E-state index in [-0.39, 0.29) is 34.2 Å². The summed E-state index contributed by atoms with van der Waals surface area (Å²) >= 11 is 5.82. The van der Waals surface area contributed by atoms with Crippen molar-refractivity contribution in [3.05, 3.63) is 40.7 Å². The first kappa shape index (κ1) is 27.3. The second-order valence-electron chi connectivity index (χ2n) is 8.60. The van der Waals surface area contributed by atoms with Crippen LogP contribution >= 0.6 is 11.6 Å². The Labute approximate surface area is 200 Å². The van der Waals surface area contributed by atoms with Crippen LogP contribution in [0.2, 0.25) is 5.02 Å². The fourth-order valence-electron chi connectivity index (χ4n) is 3.56. The van der Waals surface area contributed by atoms with E-state index < -0.39 is 21.9 Å². The molecule has 0 bridgehead atoms. The quantitative estimate of drug-likeness (QED) is 0.380. The fraction of sp³-hybridized carbons (Fsp3) is 0.565. The number of amides is 2. The van der Waals surface area contributed by atoms with E-state index in [1.807, 2.05) is 19.9 Å². The number of benzene rings is 1. The number of allylic oxidation sites excluding steroid dienone is 1. The van der Waals surface area contributed by atoms with Crippen LogP contribution in [0.25, 0.3) is 0 Å². The average Bonchev–Trinajstić information content (AvgIpc) is 2.75. The predicted molar refractivity (Wildman–Crippen MR) is 127 cm³/mol. The molecular formula is C23H33ClFN3O4S.